The zero-order valence-electron chi connectivity index (χ0n) is 19.7. The number of benzene rings is 1. The van der Waals surface area contributed by atoms with E-state index in [-0.39, 0.29) is 6.04 Å². The van der Waals surface area contributed by atoms with E-state index in [4.69, 9.17) is 4.74 Å². The Hall–Kier alpha value is -2.45. The van der Waals surface area contributed by atoms with Crippen LogP contribution in [0.3, 0.4) is 0 Å². The molecule has 4 rings (SSSR count). The predicted molar refractivity (Wildman–Crippen MR) is 126 cm³/mol. The minimum absolute atomic E-state index is 0.277. The molecule has 0 amide bonds. The lowest BCUT2D eigenvalue weighted by Crippen LogP contribution is -2.46. The van der Waals surface area contributed by atoms with Gasteiger partial charge in [-0.05, 0) is 49.4 Å². The number of aliphatic imine (C=N–C) groups is 1. The fraction of sp³-hybridized carbons (Fsp3) is 0.625. The minimum atomic E-state index is 0.277. The van der Waals surface area contributed by atoms with Gasteiger partial charge in [-0.25, -0.2) is 9.67 Å². The van der Waals surface area contributed by atoms with Crippen molar-refractivity contribution >= 4 is 5.96 Å². The molecule has 1 aromatic heterocycles. The van der Waals surface area contributed by atoms with Gasteiger partial charge in [-0.1, -0.05) is 31.2 Å². The largest absolute Gasteiger partial charge is 0.377 e. The Morgan fingerprint density at radius 1 is 1.22 bits per heavy atom. The normalized spacial score (nSPS) is 20.2. The highest BCUT2D eigenvalue weighted by atomic mass is 16.5. The lowest BCUT2D eigenvalue weighted by atomic mass is 9.98. The maximum atomic E-state index is 5.16. The highest BCUT2D eigenvalue weighted by molar-refractivity contribution is 5.79. The number of ether oxygens (including phenoxy) is 1. The maximum absolute atomic E-state index is 5.16. The third kappa shape index (κ3) is 6.07. The Labute approximate surface area is 191 Å². The van der Waals surface area contributed by atoms with E-state index in [1.807, 2.05) is 11.7 Å². The number of hydrogen-bond donors (Lipinski definition) is 2. The number of methoxy groups -OCH3 is 1. The van der Waals surface area contributed by atoms with Crippen LogP contribution >= 0.6 is 0 Å². The molecule has 0 bridgehead atoms. The van der Waals surface area contributed by atoms with Crippen LogP contribution in [0.15, 0.2) is 29.3 Å². The summed E-state index contributed by atoms with van der Waals surface area (Å²) in [6.45, 7) is 7.82. The van der Waals surface area contributed by atoms with Crippen molar-refractivity contribution in [1.29, 1.82) is 0 Å². The number of nitrogens with one attached hydrogen (secondary N) is 2. The Morgan fingerprint density at radius 3 is 2.81 bits per heavy atom. The van der Waals surface area contributed by atoms with Crippen LogP contribution in [-0.4, -0.2) is 58.9 Å². The second-order valence-corrected chi connectivity index (χ2v) is 9.14. The van der Waals surface area contributed by atoms with Crippen LogP contribution in [0.25, 0.3) is 0 Å². The number of piperidine rings is 1. The highest BCUT2D eigenvalue weighted by Gasteiger charge is 2.22. The van der Waals surface area contributed by atoms with Gasteiger partial charge in [0.2, 0.25) is 0 Å². The van der Waals surface area contributed by atoms with E-state index in [0.29, 0.717) is 6.61 Å². The molecule has 174 valence electrons. The summed E-state index contributed by atoms with van der Waals surface area (Å²) in [5.41, 5.74) is 2.67. The molecular formula is C24H37N7O. The van der Waals surface area contributed by atoms with E-state index >= 15 is 0 Å². The Balaban J connectivity index is 1.27. The average Bonchev–Trinajstić information content (AvgIpc) is 3.20. The van der Waals surface area contributed by atoms with Gasteiger partial charge >= 0.3 is 0 Å². The molecule has 0 radical (unpaired) electrons. The molecule has 1 atom stereocenters. The van der Waals surface area contributed by atoms with Crippen molar-refractivity contribution in [2.24, 2.45) is 10.9 Å². The van der Waals surface area contributed by atoms with E-state index in [1.54, 1.807) is 7.11 Å². The Bertz CT molecular complexity index is 902. The zero-order valence-corrected chi connectivity index (χ0v) is 19.7. The lowest BCUT2D eigenvalue weighted by molar-refractivity contribution is 0.177. The van der Waals surface area contributed by atoms with Gasteiger partial charge in [-0.2, -0.15) is 5.10 Å². The first-order valence-electron chi connectivity index (χ1n) is 11.8. The van der Waals surface area contributed by atoms with E-state index in [0.717, 1.165) is 56.0 Å². The SMILES string of the molecule is CN=C(NCc1cccc(CN2CCC(C)CC2)c1)NC1CCc2nc(COC)nn2C1. The summed E-state index contributed by atoms with van der Waals surface area (Å²) in [4.78, 5) is 11.6. The number of fused-ring (bicyclic) bond motifs is 1. The van der Waals surface area contributed by atoms with Gasteiger partial charge in [0.15, 0.2) is 11.8 Å². The number of aryl methyl sites for hydroxylation is 1. The topological polar surface area (TPSA) is 79.6 Å². The van der Waals surface area contributed by atoms with Crippen LogP contribution in [0, 0.1) is 5.92 Å². The molecule has 0 spiro atoms. The first kappa shape index (κ1) is 22.7. The quantitative estimate of drug-likeness (QED) is 0.509. The van der Waals surface area contributed by atoms with E-state index < -0.39 is 0 Å². The number of nitrogens with zero attached hydrogens (tertiary/aromatic N) is 5. The van der Waals surface area contributed by atoms with Crippen molar-refractivity contribution in [3.05, 3.63) is 47.0 Å². The zero-order chi connectivity index (χ0) is 22.3. The molecule has 32 heavy (non-hydrogen) atoms. The van der Waals surface area contributed by atoms with Crippen molar-refractivity contribution in [2.45, 2.75) is 64.9 Å². The number of rotatable bonds is 7. The summed E-state index contributed by atoms with van der Waals surface area (Å²) in [6.07, 6.45) is 4.54. The second-order valence-electron chi connectivity index (χ2n) is 9.14. The maximum Gasteiger partial charge on any atom is 0.191 e. The van der Waals surface area contributed by atoms with Gasteiger partial charge in [0, 0.05) is 39.7 Å². The molecule has 1 unspecified atom stereocenters. The molecule has 0 saturated carbocycles. The Kier molecular flexibility index (Phi) is 7.76. The molecular weight excluding hydrogens is 402 g/mol. The number of aromatic nitrogens is 3. The first-order chi connectivity index (χ1) is 15.6. The van der Waals surface area contributed by atoms with Gasteiger partial charge < -0.3 is 15.4 Å². The highest BCUT2D eigenvalue weighted by Crippen LogP contribution is 2.18. The fourth-order valence-corrected chi connectivity index (χ4v) is 4.56. The number of hydrogen-bond acceptors (Lipinski definition) is 5. The van der Waals surface area contributed by atoms with Crippen LogP contribution in [0.2, 0.25) is 0 Å². The van der Waals surface area contributed by atoms with Crippen LogP contribution in [0.4, 0.5) is 0 Å². The average molecular weight is 440 g/mol. The smallest absolute Gasteiger partial charge is 0.191 e. The summed E-state index contributed by atoms with van der Waals surface area (Å²) in [5.74, 6) is 3.49. The monoisotopic (exact) mass is 439 g/mol. The standard InChI is InChI=1S/C24H37N7O/c1-18-9-11-30(12-10-18)15-20-6-4-5-19(13-20)14-26-24(25-2)27-21-7-8-23-28-22(17-32-3)29-31(23)16-21/h4-6,13,18,21H,7-12,14-17H2,1-3H3,(H2,25,26,27). The molecule has 8 heteroatoms. The molecule has 1 saturated heterocycles. The molecule has 0 aliphatic carbocycles. The van der Waals surface area contributed by atoms with E-state index in [2.05, 4.69) is 61.8 Å². The summed E-state index contributed by atoms with van der Waals surface area (Å²) in [5, 5.41) is 11.6. The van der Waals surface area contributed by atoms with Gasteiger partial charge in [-0.15, -0.1) is 0 Å². The molecule has 2 aliphatic rings. The lowest BCUT2D eigenvalue weighted by Gasteiger charge is -2.30. The van der Waals surface area contributed by atoms with Crippen molar-refractivity contribution < 1.29 is 4.74 Å². The van der Waals surface area contributed by atoms with Crippen molar-refractivity contribution in [2.75, 3.05) is 27.2 Å². The minimum Gasteiger partial charge on any atom is -0.377 e. The van der Waals surface area contributed by atoms with Crippen LogP contribution in [0.1, 0.15) is 49.0 Å². The first-order valence-corrected chi connectivity index (χ1v) is 11.8. The van der Waals surface area contributed by atoms with Gasteiger partial charge in [-0.3, -0.25) is 9.89 Å². The van der Waals surface area contributed by atoms with Crippen molar-refractivity contribution in [3.8, 4) is 0 Å². The number of guanidine groups is 1. The van der Waals surface area contributed by atoms with E-state index in [1.165, 1.54) is 37.1 Å². The molecule has 2 N–H and O–H groups in total. The summed E-state index contributed by atoms with van der Waals surface area (Å²) in [7, 11) is 3.49. The fourth-order valence-electron chi connectivity index (χ4n) is 4.56. The molecule has 8 nitrogen and oxygen atoms in total. The third-order valence-electron chi connectivity index (χ3n) is 6.47. The summed E-state index contributed by atoms with van der Waals surface area (Å²) < 4.78 is 7.15. The van der Waals surface area contributed by atoms with Gasteiger partial charge in [0.05, 0.1) is 6.54 Å². The molecule has 1 aromatic carbocycles. The predicted octanol–water partition coefficient (Wildman–Crippen LogP) is 2.34. The van der Waals surface area contributed by atoms with Gasteiger partial charge in [0.1, 0.15) is 12.4 Å². The molecule has 2 aromatic rings. The van der Waals surface area contributed by atoms with Crippen LogP contribution in [0.5, 0.6) is 0 Å². The Morgan fingerprint density at radius 2 is 2.03 bits per heavy atom. The van der Waals surface area contributed by atoms with Crippen LogP contribution in [-0.2, 0) is 37.4 Å². The van der Waals surface area contributed by atoms with Crippen molar-refractivity contribution in [3.63, 3.8) is 0 Å². The second kappa shape index (κ2) is 10.9. The number of likely N-dealkylation sites (tertiary alicyclic amines) is 1. The van der Waals surface area contributed by atoms with Gasteiger partial charge in [0.25, 0.3) is 0 Å². The third-order valence-corrected chi connectivity index (χ3v) is 6.47. The summed E-state index contributed by atoms with van der Waals surface area (Å²) in [6, 6.07) is 9.18. The molecule has 1 fully saturated rings. The van der Waals surface area contributed by atoms with Crippen molar-refractivity contribution in [1.82, 2.24) is 30.3 Å². The summed E-state index contributed by atoms with van der Waals surface area (Å²) >= 11 is 0. The molecule has 3 heterocycles. The van der Waals surface area contributed by atoms with Crippen LogP contribution < -0.4 is 10.6 Å². The van der Waals surface area contributed by atoms with E-state index in [9.17, 15) is 0 Å². The molecule has 2 aliphatic heterocycles.